The SMILES string of the molecule is Clc1nccnc1Nc1c(Br)cccc1Br. The minimum Gasteiger partial charge on any atom is -0.336 e. The quantitative estimate of drug-likeness (QED) is 0.859. The van der Waals surface area contributed by atoms with E-state index in [1.165, 1.54) is 0 Å². The highest BCUT2D eigenvalue weighted by molar-refractivity contribution is 9.11. The van der Waals surface area contributed by atoms with Crippen molar-refractivity contribution in [2.75, 3.05) is 5.32 Å². The Hall–Kier alpha value is -0.650. The molecule has 0 saturated carbocycles. The first-order chi connectivity index (χ1) is 7.68. The summed E-state index contributed by atoms with van der Waals surface area (Å²) in [7, 11) is 0. The van der Waals surface area contributed by atoms with E-state index in [-0.39, 0.29) is 0 Å². The van der Waals surface area contributed by atoms with E-state index < -0.39 is 0 Å². The number of hydrogen-bond acceptors (Lipinski definition) is 3. The molecule has 2 rings (SSSR count). The summed E-state index contributed by atoms with van der Waals surface area (Å²) in [5.74, 6) is 0.525. The van der Waals surface area contributed by atoms with Gasteiger partial charge in [0.1, 0.15) is 0 Å². The molecule has 0 atom stereocenters. The number of hydrogen-bond donors (Lipinski definition) is 1. The summed E-state index contributed by atoms with van der Waals surface area (Å²) in [6.45, 7) is 0. The van der Waals surface area contributed by atoms with Crippen molar-refractivity contribution in [3.05, 3.63) is 44.7 Å². The van der Waals surface area contributed by atoms with Crippen LogP contribution in [0.15, 0.2) is 39.5 Å². The van der Waals surface area contributed by atoms with Crippen molar-refractivity contribution in [3.8, 4) is 0 Å². The first-order valence-corrected chi connectivity index (χ1v) is 6.32. The summed E-state index contributed by atoms with van der Waals surface area (Å²) >= 11 is 12.8. The van der Waals surface area contributed by atoms with Crippen LogP contribution in [0.1, 0.15) is 0 Å². The molecular formula is C10H6Br2ClN3. The molecule has 1 N–H and O–H groups in total. The van der Waals surface area contributed by atoms with Crippen molar-refractivity contribution in [2.45, 2.75) is 0 Å². The van der Waals surface area contributed by atoms with Gasteiger partial charge in [-0.05, 0) is 44.0 Å². The van der Waals surface area contributed by atoms with Gasteiger partial charge in [-0.2, -0.15) is 0 Å². The van der Waals surface area contributed by atoms with Gasteiger partial charge in [0.05, 0.1) is 5.69 Å². The van der Waals surface area contributed by atoms with Crippen molar-refractivity contribution in [3.63, 3.8) is 0 Å². The Kier molecular flexibility index (Phi) is 3.78. The molecule has 1 aromatic carbocycles. The standard InChI is InChI=1S/C10H6Br2ClN3/c11-6-2-1-3-7(12)8(6)16-10-9(13)14-4-5-15-10/h1-5H,(H,15,16). The normalized spacial score (nSPS) is 10.2. The lowest BCUT2D eigenvalue weighted by molar-refractivity contribution is 1.20. The number of aromatic nitrogens is 2. The van der Waals surface area contributed by atoms with Crippen LogP contribution in [0.3, 0.4) is 0 Å². The van der Waals surface area contributed by atoms with Gasteiger partial charge in [-0.1, -0.05) is 17.7 Å². The molecule has 0 aliphatic heterocycles. The lowest BCUT2D eigenvalue weighted by Crippen LogP contribution is -1.97. The van der Waals surface area contributed by atoms with Gasteiger partial charge in [0.25, 0.3) is 0 Å². The van der Waals surface area contributed by atoms with Crippen LogP contribution in [-0.2, 0) is 0 Å². The second kappa shape index (κ2) is 5.12. The highest BCUT2D eigenvalue weighted by Crippen LogP contribution is 2.33. The zero-order valence-corrected chi connectivity index (χ0v) is 11.8. The molecule has 1 heterocycles. The van der Waals surface area contributed by atoms with Crippen LogP contribution in [-0.4, -0.2) is 9.97 Å². The number of halogens is 3. The summed E-state index contributed by atoms with van der Waals surface area (Å²) in [6.07, 6.45) is 3.13. The first-order valence-electron chi connectivity index (χ1n) is 4.36. The molecule has 0 fully saturated rings. The Morgan fingerprint density at radius 1 is 1.06 bits per heavy atom. The van der Waals surface area contributed by atoms with Gasteiger partial charge in [0.15, 0.2) is 11.0 Å². The zero-order valence-electron chi connectivity index (χ0n) is 7.92. The molecule has 3 nitrogen and oxygen atoms in total. The lowest BCUT2D eigenvalue weighted by atomic mass is 10.3. The average molecular weight is 363 g/mol. The van der Waals surface area contributed by atoms with Crippen LogP contribution in [0, 0.1) is 0 Å². The summed E-state index contributed by atoms with van der Waals surface area (Å²) in [5.41, 5.74) is 0.866. The van der Waals surface area contributed by atoms with Crippen LogP contribution >= 0.6 is 43.5 Å². The monoisotopic (exact) mass is 361 g/mol. The molecule has 0 radical (unpaired) electrons. The predicted octanol–water partition coefficient (Wildman–Crippen LogP) is 4.40. The van der Waals surface area contributed by atoms with Crippen LogP contribution in [0.4, 0.5) is 11.5 Å². The largest absolute Gasteiger partial charge is 0.336 e. The van der Waals surface area contributed by atoms with Gasteiger partial charge in [0.2, 0.25) is 0 Å². The summed E-state index contributed by atoms with van der Waals surface area (Å²) < 4.78 is 1.84. The molecule has 0 unspecified atom stereocenters. The molecule has 0 bridgehead atoms. The fraction of sp³-hybridized carbons (Fsp3) is 0. The van der Waals surface area contributed by atoms with Gasteiger partial charge >= 0.3 is 0 Å². The Morgan fingerprint density at radius 2 is 1.69 bits per heavy atom. The Morgan fingerprint density at radius 3 is 2.31 bits per heavy atom. The molecule has 0 saturated heterocycles. The van der Waals surface area contributed by atoms with Crippen molar-refractivity contribution >= 4 is 55.0 Å². The molecule has 82 valence electrons. The molecular weight excluding hydrogens is 357 g/mol. The molecule has 0 spiro atoms. The smallest absolute Gasteiger partial charge is 0.171 e. The number of nitrogens with zero attached hydrogens (tertiary/aromatic N) is 2. The Labute approximate surface area is 115 Å². The van der Waals surface area contributed by atoms with Crippen molar-refractivity contribution < 1.29 is 0 Å². The molecule has 6 heteroatoms. The fourth-order valence-corrected chi connectivity index (χ4v) is 2.49. The van der Waals surface area contributed by atoms with Gasteiger partial charge in [-0.25, -0.2) is 9.97 Å². The molecule has 0 aliphatic rings. The van der Waals surface area contributed by atoms with Gasteiger partial charge in [-0.3, -0.25) is 0 Å². The number of anilines is 2. The van der Waals surface area contributed by atoms with E-state index in [9.17, 15) is 0 Å². The van der Waals surface area contributed by atoms with E-state index in [2.05, 4.69) is 47.1 Å². The summed E-state index contributed by atoms with van der Waals surface area (Å²) in [4.78, 5) is 8.05. The molecule has 0 amide bonds. The minimum atomic E-state index is 0.338. The molecule has 1 aromatic heterocycles. The number of nitrogens with one attached hydrogen (secondary N) is 1. The third-order valence-corrected chi connectivity index (χ3v) is 3.46. The highest BCUT2D eigenvalue weighted by Gasteiger charge is 2.08. The van der Waals surface area contributed by atoms with Crippen molar-refractivity contribution in [2.24, 2.45) is 0 Å². The van der Waals surface area contributed by atoms with E-state index in [4.69, 9.17) is 11.6 Å². The van der Waals surface area contributed by atoms with E-state index in [1.54, 1.807) is 12.4 Å². The second-order valence-corrected chi connectivity index (χ2v) is 4.98. The molecule has 2 aromatic rings. The number of para-hydroxylation sites is 1. The zero-order chi connectivity index (χ0) is 11.5. The Bertz CT molecular complexity index is 499. The first kappa shape index (κ1) is 11.8. The third kappa shape index (κ3) is 2.53. The predicted molar refractivity (Wildman–Crippen MR) is 72.2 cm³/mol. The third-order valence-electron chi connectivity index (χ3n) is 1.86. The Balaban J connectivity index is 2.38. The van der Waals surface area contributed by atoms with Crippen molar-refractivity contribution in [1.82, 2.24) is 9.97 Å². The van der Waals surface area contributed by atoms with Gasteiger partial charge < -0.3 is 5.32 Å². The maximum Gasteiger partial charge on any atom is 0.171 e. The van der Waals surface area contributed by atoms with Gasteiger partial charge in [-0.15, -0.1) is 0 Å². The lowest BCUT2D eigenvalue weighted by Gasteiger charge is -2.10. The minimum absolute atomic E-state index is 0.338. The second-order valence-electron chi connectivity index (χ2n) is 2.92. The maximum atomic E-state index is 5.91. The maximum absolute atomic E-state index is 5.91. The van der Waals surface area contributed by atoms with Crippen LogP contribution in [0.25, 0.3) is 0 Å². The van der Waals surface area contributed by atoms with E-state index in [0.29, 0.717) is 11.0 Å². The van der Waals surface area contributed by atoms with Gasteiger partial charge in [0, 0.05) is 21.3 Å². The van der Waals surface area contributed by atoms with E-state index in [0.717, 1.165) is 14.6 Å². The molecule has 16 heavy (non-hydrogen) atoms. The van der Waals surface area contributed by atoms with E-state index >= 15 is 0 Å². The molecule has 0 aliphatic carbocycles. The fourth-order valence-electron chi connectivity index (χ4n) is 1.14. The summed E-state index contributed by atoms with van der Waals surface area (Å²) in [5, 5.41) is 3.45. The highest BCUT2D eigenvalue weighted by atomic mass is 79.9. The van der Waals surface area contributed by atoms with Crippen molar-refractivity contribution in [1.29, 1.82) is 0 Å². The number of benzene rings is 1. The van der Waals surface area contributed by atoms with Crippen LogP contribution in [0.2, 0.25) is 5.15 Å². The van der Waals surface area contributed by atoms with Crippen LogP contribution < -0.4 is 5.32 Å². The van der Waals surface area contributed by atoms with E-state index in [1.807, 2.05) is 18.2 Å². The van der Waals surface area contributed by atoms with Crippen LogP contribution in [0.5, 0.6) is 0 Å². The average Bonchev–Trinajstić information content (AvgIpc) is 2.26. The summed E-state index contributed by atoms with van der Waals surface area (Å²) in [6, 6.07) is 5.78. The number of rotatable bonds is 2. The topological polar surface area (TPSA) is 37.8 Å².